The lowest BCUT2D eigenvalue weighted by Gasteiger charge is -2.00. The van der Waals surface area contributed by atoms with E-state index in [1.54, 1.807) is 7.11 Å². The van der Waals surface area contributed by atoms with Crippen molar-refractivity contribution in [3.63, 3.8) is 0 Å². The molecule has 0 amide bonds. The summed E-state index contributed by atoms with van der Waals surface area (Å²) in [6.07, 6.45) is 4.03. The molecular weight excluding hydrogens is 308 g/mol. The lowest BCUT2D eigenvalue weighted by atomic mass is 10.0. The molecule has 2 heterocycles. The molecule has 0 radical (unpaired) electrons. The number of benzene rings is 2. The molecular formula is C22H16N2O. The van der Waals surface area contributed by atoms with Crippen LogP contribution in [0.1, 0.15) is 11.1 Å². The van der Waals surface area contributed by atoms with E-state index in [1.807, 2.05) is 77.5 Å². The average Bonchev–Trinajstić information content (AvgIpc) is 3.11. The Hall–Kier alpha value is -3.51. The maximum Gasteiger partial charge on any atom is 0.137 e. The fraction of sp³-hybridized carbons (Fsp3) is 0.0455. The van der Waals surface area contributed by atoms with Crippen molar-refractivity contribution in [3.8, 4) is 28.8 Å². The highest BCUT2D eigenvalue weighted by molar-refractivity contribution is 5.70. The number of aromatic nitrogens is 2. The van der Waals surface area contributed by atoms with Crippen molar-refractivity contribution < 1.29 is 4.74 Å². The van der Waals surface area contributed by atoms with Gasteiger partial charge in [-0.25, -0.2) is 4.98 Å². The van der Waals surface area contributed by atoms with Crippen LogP contribution in [0.4, 0.5) is 0 Å². The summed E-state index contributed by atoms with van der Waals surface area (Å²) in [5.41, 5.74) is 4.79. The van der Waals surface area contributed by atoms with Gasteiger partial charge in [0.1, 0.15) is 11.4 Å². The molecule has 0 fully saturated rings. The first-order valence-corrected chi connectivity index (χ1v) is 8.03. The third-order valence-electron chi connectivity index (χ3n) is 4.00. The number of imidazole rings is 1. The fourth-order valence-corrected chi connectivity index (χ4v) is 2.69. The molecule has 0 N–H and O–H groups in total. The molecule has 0 saturated heterocycles. The summed E-state index contributed by atoms with van der Waals surface area (Å²) in [7, 11) is 1.66. The van der Waals surface area contributed by atoms with E-state index in [9.17, 15) is 0 Å². The van der Waals surface area contributed by atoms with Gasteiger partial charge in [0.2, 0.25) is 0 Å². The largest absolute Gasteiger partial charge is 0.497 e. The van der Waals surface area contributed by atoms with Crippen LogP contribution in [0.15, 0.2) is 79.1 Å². The van der Waals surface area contributed by atoms with Crippen molar-refractivity contribution in [2.75, 3.05) is 7.11 Å². The zero-order valence-electron chi connectivity index (χ0n) is 13.8. The van der Waals surface area contributed by atoms with Crippen LogP contribution < -0.4 is 4.74 Å². The van der Waals surface area contributed by atoms with Gasteiger partial charge in [0.15, 0.2) is 0 Å². The molecule has 0 saturated carbocycles. The number of pyridine rings is 1. The standard InChI is InChI=1S/C22H16N2O/c1-25-19-13-10-17(11-14-19)9-12-18-6-2-3-7-20(18)21-16-24-15-5-4-8-22(24)23-21/h2-8,10-11,13-16H,1H3. The second kappa shape index (κ2) is 6.54. The normalized spacial score (nSPS) is 10.3. The Labute approximate surface area is 146 Å². The van der Waals surface area contributed by atoms with Gasteiger partial charge >= 0.3 is 0 Å². The summed E-state index contributed by atoms with van der Waals surface area (Å²) < 4.78 is 7.20. The molecule has 0 aliphatic carbocycles. The maximum atomic E-state index is 5.18. The first kappa shape index (κ1) is 15.0. The molecule has 4 rings (SSSR count). The first-order chi connectivity index (χ1) is 12.3. The van der Waals surface area contributed by atoms with Crippen molar-refractivity contribution in [2.24, 2.45) is 0 Å². The zero-order chi connectivity index (χ0) is 17.1. The van der Waals surface area contributed by atoms with Crippen molar-refractivity contribution in [3.05, 3.63) is 90.3 Å². The number of hydrogen-bond donors (Lipinski definition) is 0. The van der Waals surface area contributed by atoms with Crippen LogP contribution in [0.3, 0.4) is 0 Å². The van der Waals surface area contributed by atoms with Gasteiger partial charge in [0, 0.05) is 29.1 Å². The average molecular weight is 324 g/mol. The van der Waals surface area contributed by atoms with Gasteiger partial charge in [0.05, 0.1) is 12.8 Å². The number of fused-ring (bicyclic) bond motifs is 1. The van der Waals surface area contributed by atoms with E-state index in [2.05, 4.69) is 17.9 Å². The summed E-state index contributed by atoms with van der Waals surface area (Å²) in [4.78, 5) is 4.70. The first-order valence-electron chi connectivity index (χ1n) is 8.03. The lowest BCUT2D eigenvalue weighted by Crippen LogP contribution is -1.85. The van der Waals surface area contributed by atoms with Crippen molar-refractivity contribution >= 4 is 5.65 Å². The van der Waals surface area contributed by atoms with Crippen LogP contribution in [0.2, 0.25) is 0 Å². The van der Waals surface area contributed by atoms with Gasteiger partial charge in [-0.05, 0) is 42.5 Å². The monoisotopic (exact) mass is 324 g/mol. The van der Waals surface area contributed by atoms with E-state index in [4.69, 9.17) is 9.72 Å². The van der Waals surface area contributed by atoms with Crippen molar-refractivity contribution in [1.82, 2.24) is 9.38 Å². The predicted octanol–water partition coefficient (Wildman–Crippen LogP) is 4.41. The van der Waals surface area contributed by atoms with Crippen LogP contribution in [0.5, 0.6) is 5.75 Å². The van der Waals surface area contributed by atoms with Crippen molar-refractivity contribution in [1.29, 1.82) is 0 Å². The van der Waals surface area contributed by atoms with Crippen LogP contribution in [-0.2, 0) is 0 Å². The minimum absolute atomic E-state index is 0.829. The van der Waals surface area contributed by atoms with E-state index >= 15 is 0 Å². The Kier molecular flexibility index (Phi) is 3.94. The van der Waals surface area contributed by atoms with E-state index in [1.165, 1.54) is 0 Å². The molecule has 0 aliphatic heterocycles. The topological polar surface area (TPSA) is 26.5 Å². The van der Waals surface area contributed by atoms with Crippen LogP contribution in [0.25, 0.3) is 16.9 Å². The number of rotatable bonds is 2. The van der Waals surface area contributed by atoms with E-state index in [-0.39, 0.29) is 0 Å². The second-order valence-electron chi connectivity index (χ2n) is 5.62. The molecule has 3 nitrogen and oxygen atoms in total. The predicted molar refractivity (Wildman–Crippen MR) is 99.6 cm³/mol. The quantitative estimate of drug-likeness (QED) is 0.511. The third kappa shape index (κ3) is 3.11. The van der Waals surface area contributed by atoms with Gasteiger partial charge in [0.25, 0.3) is 0 Å². The summed E-state index contributed by atoms with van der Waals surface area (Å²) in [5, 5.41) is 0. The maximum absolute atomic E-state index is 5.18. The highest BCUT2D eigenvalue weighted by Crippen LogP contribution is 2.23. The fourth-order valence-electron chi connectivity index (χ4n) is 2.69. The summed E-state index contributed by atoms with van der Waals surface area (Å²) in [6.45, 7) is 0. The van der Waals surface area contributed by atoms with E-state index in [0.717, 1.165) is 33.8 Å². The Morgan fingerprint density at radius 1 is 0.880 bits per heavy atom. The Balaban J connectivity index is 1.73. The lowest BCUT2D eigenvalue weighted by molar-refractivity contribution is 0.415. The molecule has 2 aromatic carbocycles. The summed E-state index contributed by atoms with van der Waals surface area (Å²) in [6, 6.07) is 21.8. The Morgan fingerprint density at radius 3 is 2.48 bits per heavy atom. The van der Waals surface area contributed by atoms with E-state index < -0.39 is 0 Å². The molecule has 120 valence electrons. The van der Waals surface area contributed by atoms with Crippen LogP contribution in [0, 0.1) is 11.8 Å². The molecule has 0 aliphatic rings. The van der Waals surface area contributed by atoms with Crippen LogP contribution in [-0.4, -0.2) is 16.5 Å². The molecule has 0 spiro atoms. The van der Waals surface area contributed by atoms with Gasteiger partial charge < -0.3 is 9.14 Å². The molecule has 0 atom stereocenters. The molecule has 25 heavy (non-hydrogen) atoms. The highest BCUT2D eigenvalue weighted by atomic mass is 16.5. The number of nitrogens with zero attached hydrogens (tertiary/aromatic N) is 2. The van der Waals surface area contributed by atoms with Gasteiger partial charge in [-0.2, -0.15) is 0 Å². The second-order valence-corrected chi connectivity index (χ2v) is 5.62. The minimum atomic E-state index is 0.829. The zero-order valence-corrected chi connectivity index (χ0v) is 13.8. The van der Waals surface area contributed by atoms with E-state index in [0.29, 0.717) is 0 Å². The smallest absolute Gasteiger partial charge is 0.137 e. The molecule has 4 aromatic rings. The molecule has 0 unspecified atom stereocenters. The Morgan fingerprint density at radius 2 is 1.68 bits per heavy atom. The Bertz CT molecular complexity index is 1050. The van der Waals surface area contributed by atoms with Crippen LogP contribution >= 0.6 is 0 Å². The molecule has 3 heteroatoms. The van der Waals surface area contributed by atoms with Crippen molar-refractivity contribution in [2.45, 2.75) is 0 Å². The number of ether oxygens (including phenoxy) is 1. The minimum Gasteiger partial charge on any atom is -0.497 e. The highest BCUT2D eigenvalue weighted by Gasteiger charge is 2.07. The third-order valence-corrected chi connectivity index (χ3v) is 4.00. The summed E-state index contributed by atoms with van der Waals surface area (Å²) in [5.74, 6) is 7.32. The van der Waals surface area contributed by atoms with Gasteiger partial charge in [-0.15, -0.1) is 0 Å². The number of hydrogen-bond acceptors (Lipinski definition) is 2. The SMILES string of the molecule is COc1ccc(C#Cc2ccccc2-c2cn3ccccc3n2)cc1. The molecule has 0 bridgehead atoms. The van der Waals surface area contributed by atoms with Gasteiger partial charge in [-0.3, -0.25) is 0 Å². The summed E-state index contributed by atoms with van der Waals surface area (Å²) >= 11 is 0. The molecule has 2 aromatic heterocycles. The number of methoxy groups -OCH3 is 1. The van der Waals surface area contributed by atoms with Gasteiger partial charge in [-0.1, -0.05) is 36.1 Å².